The van der Waals surface area contributed by atoms with Crippen LogP contribution in [0.3, 0.4) is 0 Å². The standard InChI is InChI=1S/C16H27N3O/c1-12(2)8-17-9-15-7-16(5-6-18-15)19-10-13(3)20-14(4)11-19/h5-7,12-14,17H,8-11H2,1-4H3/t13-,14+. The number of morpholine rings is 1. The zero-order valence-corrected chi connectivity index (χ0v) is 13.1. The van der Waals surface area contributed by atoms with E-state index in [0.29, 0.717) is 5.92 Å². The molecule has 2 atom stereocenters. The minimum Gasteiger partial charge on any atom is -0.372 e. The van der Waals surface area contributed by atoms with E-state index in [4.69, 9.17) is 4.74 Å². The highest BCUT2D eigenvalue weighted by Gasteiger charge is 2.22. The fraction of sp³-hybridized carbons (Fsp3) is 0.688. The lowest BCUT2D eigenvalue weighted by atomic mass is 10.2. The van der Waals surface area contributed by atoms with Crippen molar-refractivity contribution in [1.29, 1.82) is 0 Å². The number of anilines is 1. The van der Waals surface area contributed by atoms with Crippen molar-refractivity contribution in [2.24, 2.45) is 5.92 Å². The number of ether oxygens (including phenoxy) is 1. The van der Waals surface area contributed by atoms with Crippen LogP contribution in [0, 0.1) is 5.92 Å². The topological polar surface area (TPSA) is 37.4 Å². The number of aromatic nitrogens is 1. The number of rotatable bonds is 5. The van der Waals surface area contributed by atoms with Crippen molar-refractivity contribution < 1.29 is 4.74 Å². The molecule has 20 heavy (non-hydrogen) atoms. The minimum atomic E-state index is 0.287. The molecule has 2 heterocycles. The Labute approximate surface area is 122 Å². The molecule has 1 aromatic heterocycles. The Kier molecular flexibility index (Phi) is 5.38. The molecule has 1 fully saturated rings. The molecule has 2 rings (SSSR count). The maximum Gasteiger partial charge on any atom is 0.0726 e. The van der Waals surface area contributed by atoms with Gasteiger partial charge in [0.1, 0.15) is 0 Å². The second-order valence-corrected chi connectivity index (χ2v) is 6.19. The van der Waals surface area contributed by atoms with Crippen molar-refractivity contribution in [2.75, 3.05) is 24.5 Å². The summed E-state index contributed by atoms with van der Waals surface area (Å²) in [5, 5.41) is 3.44. The van der Waals surface area contributed by atoms with Crippen LogP contribution in [-0.4, -0.2) is 36.8 Å². The summed E-state index contributed by atoms with van der Waals surface area (Å²) in [6.07, 6.45) is 2.48. The lowest BCUT2D eigenvalue weighted by molar-refractivity contribution is -0.00522. The van der Waals surface area contributed by atoms with Gasteiger partial charge >= 0.3 is 0 Å². The number of nitrogens with zero attached hydrogens (tertiary/aromatic N) is 2. The Balaban J connectivity index is 1.98. The average molecular weight is 277 g/mol. The van der Waals surface area contributed by atoms with Crippen LogP contribution in [0.1, 0.15) is 33.4 Å². The predicted octanol–water partition coefficient (Wildman–Crippen LogP) is 2.44. The van der Waals surface area contributed by atoms with Crippen molar-refractivity contribution >= 4 is 5.69 Å². The maximum absolute atomic E-state index is 5.79. The van der Waals surface area contributed by atoms with E-state index in [1.807, 2.05) is 6.20 Å². The van der Waals surface area contributed by atoms with Crippen LogP contribution in [-0.2, 0) is 11.3 Å². The zero-order chi connectivity index (χ0) is 14.5. The lowest BCUT2D eigenvalue weighted by Crippen LogP contribution is -2.45. The molecule has 1 aliphatic heterocycles. The van der Waals surface area contributed by atoms with Gasteiger partial charge in [-0.05, 0) is 38.4 Å². The van der Waals surface area contributed by atoms with Gasteiger partial charge in [-0.3, -0.25) is 4.98 Å². The van der Waals surface area contributed by atoms with E-state index >= 15 is 0 Å². The Morgan fingerprint density at radius 1 is 1.35 bits per heavy atom. The monoisotopic (exact) mass is 277 g/mol. The van der Waals surface area contributed by atoms with Crippen LogP contribution >= 0.6 is 0 Å². The molecule has 0 radical (unpaired) electrons. The first-order valence-electron chi connectivity index (χ1n) is 7.60. The third-order valence-corrected chi connectivity index (χ3v) is 3.44. The largest absolute Gasteiger partial charge is 0.372 e. The van der Waals surface area contributed by atoms with E-state index in [1.54, 1.807) is 0 Å². The quantitative estimate of drug-likeness (QED) is 0.897. The van der Waals surface area contributed by atoms with Gasteiger partial charge in [0.15, 0.2) is 0 Å². The molecule has 0 aliphatic carbocycles. The summed E-state index contributed by atoms with van der Waals surface area (Å²) in [6, 6.07) is 4.29. The summed E-state index contributed by atoms with van der Waals surface area (Å²) >= 11 is 0. The van der Waals surface area contributed by atoms with Crippen LogP contribution in [0.15, 0.2) is 18.3 Å². The number of hydrogen-bond acceptors (Lipinski definition) is 4. The molecule has 1 N–H and O–H groups in total. The fourth-order valence-corrected chi connectivity index (χ4v) is 2.64. The van der Waals surface area contributed by atoms with Gasteiger partial charge in [0, 0.05) is 31.5 Å². The molecule has 1 aromatic rings. The molecule has 0 amide bonds. The highest BCUT2D eigenvalue weighted by molar-refractivity contribution is 5.47. The molecule has 0 spiro atoms. The summed E-state index contributed by atoms with van der Waals surface area (Å²) in [5.41, 5.74) is 2.36. The van der Waals surface area contributed by atoms with Crippen LogP contribution in [0.4, 0.5) is 5.69 Å². The Morgan fingerprint density at radius 2 is 2.05 bits per heavy atom. The van der Waals surface area contributed by atoms with Gasteiger partial charge < -0.3 is 15.0 Å². The first-order chi connectivity index (χ1) is 9.54. The predicted molar refractivity (Wildman–Crippen MR) is 83.0 cm³/mol. The average Bonchev–Trinajstić information content (AvgIpc) is 2.37. The summed E-state index contributed by atoms with van der Waals surface area (Å²) in [6.45, 7) is 12.5. The molecular formula is C16H27N3O. The van der Waals surface area contributed by atoms with E-state index in [2.05, 4.69) is 55.0 Å². The van der Waals surface area contributed by atoms with E-state index in [9.17, 15) is 0 Å². The minimum absolute atomic E-state index is 0.287. The van der Waals surface area contributed by atoms with Crippen molar-refractivity contribution in [1.82, 2.24) is 10.3 Å². The molecule has 0 bridgehead atoms. The van der Waals surface area contributed by atoms with Crippen LogP contribution < -0.4 is 10.2 Å². The van der Waals surface area contributed by atoms with E-state index in [0.717, 1.165) is 31.9 Å². The van der Waals surface area contributed by atoms with Crippen molar-refractivity contribution in [3.8, 4) is 0 Å². The molecule has 1 aliphatic rings. The van der Waals surface area contributed by atoms with Crippen molar-refractivity contribution in [3.63, 3.8) is 0 Å². The third-order valence-electron chi connectivity index (χ3n) is 3.44. The number of nitrogens with one attached hydrogen (secondary N) is 1. The Morgan fingerprint density at radius 3 is 2.70 bits per heavy atom. The summed E-state index contributed by atoms with van der Waals surface area (Å²) in [7, 11) is 0. The zero-order valence-electron chi connectivity index (χ0n) is 13.1. The Bertz CT molecular complexity index is 412. The molecular weight excluding hydrogens is 250 g/mol. The van der Waals surface area contributed by atoms with Gasteiger partial charge in [0.05, 0.1) is 17.9 Å². The smallest absolute Gasteiger partial charge is 0.0726 e. The highest BCUT2D eigenvalue weighted by Crippen LogP contribution is 2.20. The molecule has 112 valence electrons. The second-order valence-electron chi connectivity index (χ2n) is 6.19. The van der Waals surface area contributed by atoms with Gasteiger partial charge in [-0.25, -0.2) is 0 Å². The lowest BCUT2D eigenvalue weighted by Gasteiger charge is -2.36. The summed E-state index contributed by atoms with van der Waals surface area (Å²) < 4.78 is 5.79. The first kappa shape index (κ1) is 15.3. The van der Waals surface area contributed by atoms with E-state index in [1.165, 1.54) is 5.69 Å². The number of pyridine rings is 1. The molecule has 0 aromatic carbocycles. The maximum atomic E-state index is 5.79. The summed E-state index contributed by atoms with van der Waals surface area (Å²) in [4.78, 5) is 6.84. The second kappa shape index (κ2) is 7.04. The van der Waals surface area contributed by atoms with Gasteiger partial charge in [0.2, 0.25) is 0 Å². The van der Waals surface area contributed by atoms with Crippen molar-refractivity contribution in [3.05, 3.63) is 24.0 Å². The molecule has 4 nitrogen and oxygen atoms in total. The van der Waals surface area contributed by atoms with Gasteiger partial charge in [0.25, 0.3) is 0 Å². The van der Waals surface area contributed by atoms with Crippen LogP contribution in [0.25, 0.3) is 0 Å². The SMILES string of the molecule is CC(C)CNCc1cc(N2C[C@@H](C)O[C@@H](C)C2)ccn1. The first-order valence-corrected chi connectivity index (χ1v) is 7.60. The highest BCUT2D eigenvalue weighted by atomic mass is 16.5. The van der Waals surface area contributed by atoms with Gasteiger partial charge in [-0.2, -0.15) is 0 Å². The van der Waals surface area contributed by atoms with Gasteiger partial charge in [-0.15, -0.1) is 0 Å². The molecule has 4 heteroatoms. The van der Waals surface area contributed by atoms with Gasteiger partial charge in [-0.1, -0.05) is 13.8 Å². The Hall–Kier alpha value is -1.13. The van der Waals surface area contributed by atoms with E-state index in [-0.39, 0.29) is 12.2 Å². The number of hydrogen-bond donors (Lipinski definition) is 1. The van der Waals surface area contributed by atoms with Crippen LogP contribution in [0.5, 0.6) is 0 Å². The normalized spacial score (nSPS) is 23.4. The molecule has 0 unspecified atom stereocenters. The third kappa shape index (κ3) is 4.46. The molecule has 1 saturated heterocycles. The summed E-state index contributed by atoms with van der Waals surface area (Å²) in [5.74, 6) is 0.666. The fourth-order valence-electron chi connectivity index (χ4n) is 2.64. The molecule has 0 saturated carbocycles. The van der Waals surface area contributed by atoms with Crippen molar-refractivity contribution in [2.45, 2.75) is 46.4 Å². The van der Waals surface area contributed by atoms with E-state index < -0.39 is 0 Å². The van der Waals surface area contributed by atoms with Crippen LogP contribution in [0.2, 0.25) is 0 Å².